The van der Waals surface area contributed by atoms with Crippen LogP contribution in [0.25, 0.3) is 16.2 Å². The van der Waals surface area contributed by atoms with Crippen LogP contribution in [0.2, 0.25) is 0 Å². The maximum absolute atomic E-state index is 12.8. The fourth-order valence-electron chi connectivity index (χ4n) is 2.10. The van der Waals surface area contributed by atoms with Crippen molar-refractivity contribution in [3.05, 3.63) is 45.8 Å². The molecule has 0 aliphatic carbocycles. The maximum Gasteiger partial charge on any atom is 0.416 e. The van der Waals surface area contributed by atoms with Crippen molar-refractivity contribution in [3.63, 3.8) is 0 Å². The Hall–Kier alpha value is -2.22. The standard InChI is InChI=1S/C13H8F3N3OS/c1-7-6-21-12-17-10(11(18-20)19(7)12)8-3-2-4-9(5-8)13(14,15)16/h2-6H,1H3. The van der Waals surface area contributed by atoms with Crippen LogP contribution in [-0.2, 0) is 6.18 Å². The zero-order valence-electron chi connectivity index (χ0n) is 10.7. The minimum Gasteiger partial charge on any atom is -0.269 e. The summed E-state index contributed by atoms with van der Waals surface area (Å²) in [6, 6.07) is 4.70. The Morgan fingerprint density at radius 2 is 2.10 bits per heavy atom. The highest BCUT2D eigenvalue weighted by Crippen LogP contribution is 2.37. The Labute approximate surface area is 120 Å². The van der Waals surface area contributed by atoms with Crippen LogP contribution in [0.4, 0.5) is 19.0 Å². The first kappa shape index (κ1) is 13.7. The second-order valence-corrected chi connectivity index (χ2v) is 5.29. The fraction of sp³-hybridized carbons (Fsp3) is 0.154. The van der Waals surface area contributed by atoms with Crippen LogP contribution in [0.3, 0.4) is 0 Å². The normalized spacial score (nSPS) is 12.0. The molecule has 1 aromatic carbocycles. The number of hydrogen-bond acceptors (Lipinski definition) is 4. The van der Waals surface area contributed by atoms with E-state index in [-0.39, 0.29) is 17.1 Å². The molecule has 0 spiro atoms. The maximum atomic E-state index is 12.8. The molecule has 2 heterocycles. The molecule has 0 saturated carbocycles. The van der Waals surface area contributed by atoms with E-state index in [2.05, 4.69) is 10.2 Å². The summed E-state index contributed by atoms with van der Waals surface area (Å²) in [5.74, 6) is 0.0167. The second kappa shape index (κ2) is 4.66. The van der Waals surface area contributed by atoms with Crippen molar-refractivity contribution in [2.45, 2.75) is 13.1 Å². The van der Waals surface area contributed by atoms with Crippen LogP contribution in [-0.4, -0.2) is 9.38 Å². The highest BCUT2D eigenvalue weighted by Gasteiger charge is 2.31. The van der Waals surface area contributed by atoms with E-state index in [4.69, 9.17) is 0 Å². The lowest BCUT2D eigenvalue weighted by molar-refractivity contribution is -0.137. The first-order valence-corrected chi connectivity index (χ1v) is 6.77. The average molecular weight is 311 g/mol. The molecule has 0 unspecified atom stereocenters. The van der Waals surface area contributed by atoms with Gasteiger partial charge in [0.05, 0.1) is 5.56 Å². The smallest absolute Gasteiger partial charge is 0.269 e. The highest BCUT2D eigenvalue weighted by atomic mass is 32.1. The van der Waals surface area contributed by atoms with Crippen LogP contribution in [0.1, 0.15) is 11.3 Å². The summed E-state index contributed by atoms with van der Waals surface area (Å²) in [4.78, 5) is 15.8. The number of fused-ring (bicyclic) bond motifs is 1. The lowest BCUT2D eigenvalue weighted by Gasteiger charge is -2.07. The van der Waals surface area contributed by atoms with Gasteiger partial charge < -0.3 is 0 Å². The molecule has 8 heteroatoms. The molecule has 3 rings (SSSR count). The Bertz CT molecular complexity index is 835. The van der Waals surface area contributed by atoms with Gasteiger partial charge in [0.2, 0.25) is 5.82 Å². The molecule has 0 N–H and O–H groups in total. The van der Waals surface area contributed by atoms with E-state index in [0.717, 1.165) is 17.8 Å². The third kappa shape index (κ3) is 2.21. The largest absolute Gasteiger partial charge is 0.416 e. The molecule has 0 saturated heterocycles. The number of alkyl halides is 3. The first-order valence-electron chi connectivity index (χ1n) is 5.89. The van der Waals surface area contributed by atoms with Crippen molar-refractivity contribution in [1.29, 1.82) is 0 Å². The molecule has 0 aliphatic heterocycles. The van der Waals surface area contributed by atoms with Gasteiger partial charge in [-0.2, -0.15) is 13.2 Å². The Morgan fingerprint density at radius 3 is 2.76 bits per heavy atom. The number of rotatable bonds is 2. The molecule has 4 nitrogen and oxygen atoms in total. The van der Waals surface area contributed by atoms with Crippen molar-refractivity contribution in [2.24, 2.45) is 5.18 Å². The molecule has 0 atom stereocenters. The molecular formula is C13H8F3N3OS. The summed E-state index contributed by atoms with van der Waals surface area (Å²) < 4.78 is 39.8. The lowest BCUT2D eigenvalue weighted by Crippen LogP contribution is -2.04. The van der Waals surface area contributed by atoms with Crippen LogP contribution >= 0.6 is 11.3 Å². The molecule has 0 bridgehead atoms. The summed E-state index contributed by atoms with van der Waals surface area (Å²) in [5, 5.41) is 4.73. The first-order chi connectivity index (χ1) is 9.91. The number of aryl methyl sites for hydroxylation is 1. The van der Waals surface area contributed by atoms with Gasteiger partial charge in [0.1, 0.15) is 5.69 Å². The van der Waals surface area contributed by atoms with E-state index in [0.29, 0.717) is 4.96 Å². The van der Waals surface area contributed by atoms with Crippen molar-refractivity contribution < 1.29 is 13.2 Å². The monoisotopic (exact) mass is 311 g/mol. The van der Waals surface area contributed by atoms with Gasteiger partial charge in [-0.25, -0.2) is 4.98 Å². The Morgan fingerprint density at radius 1 is 1.33 bits per heavy atom. The van der Waals surface area contributed by atoms with Crippen LogP contribution in [0.5, 0.6) is 0 Å². The number of thiazole rings is 1. The number of halogens is 3. The summed E-state index contributed by atoms with van der Waals surface area (Å²) in [6.45, 7) is 1.77. The zero-order valence-corrected chi connectivity index (χ0v) is 11.5. The van der Waals surface area contributed by atoms with E-state index in [9.17, 15) is 18.1 Å². The topological polar surface area (TPSA) is 46.7 Å². The van der Waals surface area contributed by atoms with Crippen molar-refractivity contribution >= 4 is 22.1 Å². The summed E-state index contributed by atoms with van der Waals surface area (Å²) in [7, 11) is 0. The molecule has 3 aromatic rings. The van der Waals surface area contributed by atoms with Crippen LogP contribution in [0.15, 0.2) is 34.8 Å². The van der Waals surface area contributed by atoms with Gasteiger partial charge >= 0.3 is 6.18 Å². The number of benzene rings is 1. The molecule has 0 amide bonds. The van der Waals surface area contributed by atoms with Crippen LogP contribution < -0.4 is 0 Å². The Balaban J connectivity index is 2.23. The van der Waals surface area contributed by atoms with Crippen molar-refractivity contribution in [2.75, 3.05) is 0 Å². The van der Waals surface area contributed by atoms with Gasteiger partial charge in [-0.15, -0.1) is 16.2 Å². The Kier molecular flexibility index (Phi) is 3.05. The summed E-state index contributed by atoms with van der Waals surface area (Å²) in [6.07, 6.45) is -4.45. The van der Waals surface area contributed by atoms with Gasteiger partial charge in [0.25, 0.3) is 0 Å². The van der Waals surface area contributed by atoms with Gasteiger partial charge in [-0.1, -0.05) is 12.1 Å². The fourth-order valence-corrected chi connectivity index (χ4v) is 2.96. The molecule has 21 heavy (non-hydrogen) atoms. The summed E-state index contributed by atoms with van der Waals surface area (Å²) >= 11 is 1.30. The molecule has 0 fully saturated rings. The third-order valence-corrected chi connectivity index (χ3v) is 4.00. The van der Waals surface area contributed by atoms with Crippen molar-refractivity contribution in [1.82, 2.24) is 9.38 Å². The van der Waals surface area contributed by atoms with E-state index >= 15 is 0 Å². The third-order valence-electron chi connectivity index (χ3n) is 3.06. The lowest BCUT2D eigenvalue weighted by atomic mass is 10.1. The van der Waals surface area contributed by atoms with Crippen LogP contribution in [0, 0.1) is 11.8 Å². The molecule has 2 aromatic heterocycles. The molecule has 108 valence electrons. The minimum absolute atomic E-state index is 0.0167. The van der Waals surface area contributed by atoms with E-state index in [1.807, 2.05) is 0 Å². The van der Waals surface area contributed by atoms with Crippen molar-refractivity contribution in [3.8, 4) is 11.3 Å². The molecule has 0 aliphatic rings. The van der Waals surface area contributed by atoms with Gasteiger partial charge in [0, 0.05) is 16.6 Å². The van der Waals surface area contributed by atoms with Gasteiger partial charge in [0.15, 0.2) is 4.96 Å². The zero-order chi connectivity index (χ0) is 15.2. The van der Waals surface area contributed by atoms with Gasteiger partial charge in [-0.3, -0.25) is 4.40 Å². The number of aromatic nitrogens is 2. The summed E-state index contributed by atoms with van der Waals surface area (Å²) in [5.41, 5.74) is 0.348. The van der Waals surface area contributed by atoms with Gasteiger partial charge in [-0.05, 0) is 24.2 Å². The number of hydrogen-bond donors (Lipinski definition) is 0. The average Bonchev–Trinajstić information content (AvgIpc) is 2.98. The predicted molar refractivity (Wildman–Crippen MR) is 73.7 cm³/mol. The number of imidazole rings is 1. The van der Waals surface area contributed by atoms with E-state index in [1.54, 1.807) is 12.3 Å². The van der Waals surface area contributed by atoms with E-state index < -0.39 is 11.7 Å². The second-order valence-electron chi connectivity index (χ2n) is 4.45. The highest BCUT2D eigenvalue weighted by molar-refractivity contribution is 7.15. The SMILES string of the molecule is Cc1csc2nc(-c3cccc(C(F)(F)F)c3)c(N=O)n12. The van der Waals surface area contributed by atoms with E-state index in [1.165, 1.54) is 27.9 Å². The molecular weight excluding hydrogens is 303 g/mol. The molecule has 0 radical (unpaired) electrons. The minimum atomic E-state index is -4.45. The number of nitrogens with zero attached hydrogens (tertiary/aromatic N) is 3. The number of nitroso groups, excluding NO2 is 1. The quantitative estimate of drug-likeness (QED) is 0.639. The predicted octanol–water partition coefficient (Wildman–Crippen LogP) is 4.79.